The van der Waals surface area contributed by atoms with Gasteiger partial charge in [-0.05, 0) is 47.2 Å². The molecule has 116 valence electrons. The van der Waals surface area contributed by atoms with Gasteiger partial charge < -0.3 is 15.6 Å². The fourth-order valence-electron chi connectivity index (χ4n) is 2.32. The summed E-state index contributed by atoms with van der Waals surface area (Å²) in [5.74, 6) is -0.143. The first-order chi connectivity index (χ1) is 10.5. The summed E-state index contributed by atoms with van der Waals surface area (Å²) in [6.45, 7) is 2.11. The van der Waals surface area contributed by atoms with Gasteiger partial charge in [0.05, 0.1) is 7.11 Å². The molecule has 4 heteroatoms. The lowest BCUT2D eigenvalue weighted by Crippen LogP contribution is -2.32. The molecule has 0 saturated heterocycles. The van der Waals surface area contributed by atoms with Crippen LogP contribution in [0.4, 0.5) is 0 Å². The molecular weight excluding hydrogens is 278 g/mol. The topological polar surface area (TPSA) is 72.5 Å². The second kappa shape index (κ2) is 7.09. The maximum atomic E-state index is 10.8. The minimum atomic E-state index is -0.982. The van der Waals surface area contributed by atoms with Crippen LogP contribution in [0.1, 0.15) is 18.1 Å². The highest BCUT2D eigenvalue weighted by Gasteiger charge is 2.12. The molecule has 2 aromatic carbocycles. The molecule has 0 bridgehead atoms. The maximum Gasteiger partial charge on any atom is 0.320 e. The number of nitrogens with two attached hydrogens (primary N) is 1. The van der Waals surface area contributed by atoms with Crippen molar-refractivity contribution in [3.8, 4) is 16.9 Å². The highest BCUT2D eigenvalue weighted by atomic mass is 16.5. The Kier molecular flexibility index (Phi) is 5.17. The van der Waals surface area contributed by atoms with Gasteiger partial charge in [0.1, 0.15) is 11.8 Å². The van der Waals surface area contributed by atoms with Gasteiger partial charge in [-0.25, -0.2) is 0 Å². The Bertz CT molecular complexity index is 628. The summed E-state index contributed by atoms with van der Waals surface area (Å²) in [6, 6.07) is 13.1. The fraction of sp³-hybridized carbons (Fsp3) is 0.278. The molecule has 0 amide bonds. The van der Waals surface area contributed by atoms with Gasteiger partial charge in [-0.3, -0.25) is 4.79 Å². The molecule has 3 N–H and O–H groups in total. The van der Waals surface area contributed by atoms with Crippen LogP contribution < -0.4 is 10.5 Å². The largest absolute Gasteiger partial charge is 0.497 e. The lowest BCUT2D eigenvalue weighted by Gasteiger charge is -2.10. The number of rotatable bonds is 6. The van der Waals surface area contributed by atoms with E-state index >= 15 is 0 Å². The van der Waals surface area contributed by atoms with Crippen LogP contribution in [0.3, 0.4) is 0 Å². The van der Waals surface area contributed by atoms with E-state index in [-0.39, 0.29) is 0 Å². The summed E-state index contributed by atoms with van der Waals surface area (Å²) in [5.41, 5.74) is 9.84. The second-order valence-corrected chi connectivity index (χ2v) is 5.27. The molecule has 0 aliphatic heterocycles. The molecule has 4 nitrogen and oxygen atoms in total. The van der Waals surface area contributed by atoms with Crippen molar-refractivity contribution in [3.63, 3.8) is 0 Å². The molecule has 0 aromatic heterocycles. The van der Waals surface area contributed by atoms with Gasteiger partial charge in [-0.2, -0.15) is 0 Å². The van der Waals surface area contributed by atoms with Gasteiger partial charge in [0.2, 0.25) is 0 Å². The Morgan fingerprint density at radius 2 is 1.82 bits per heavy atom. The zero-order valence-corrected chi connectivity index (χ0v) is 12.9. The lowest BCUT2D eigenvalue weighted by molar-refractivity contribution is -0.138. The Morgan fingerprint density at radius 3 is 2.36 bits per heavy atom. The number of aliphatic carboxylic acids is 1. The summed E-state index contributed by atoms with van der Waals surface area (Å²) in [6.07, 6.45) is 1.27. The molecule has 2 aromatic rings. The Labute approximate surface area is 130 Å². The third kappa shape index (κ3) is 3.86. The van der Waals surface area contributed by atoms with Gasteiger partial charge in [0.15, 0.2) is 0 Å². The number of hydrogen-bond donors (Lipinski definition) is 2. The highest BCUT2D eigenvalue weighted by molar-refractivity contribution is 5.73. The van der Waals surface area contributed by atoms with Gasteiger partial charge in [-0.1, -0.05) is 37.3 Å². The molecule has 0 fully saturated rings. The minimum Gasteiger partial charge on any atom is -0.497 e. The van der Waals surface area contributed by atoms with Crippen LogP contribution in [-0.4, -0.2) is 24.2 Å². The summed E-state index contributed by atoms with van der Waals surface area (Å²) < 4.78 is 5.34. The van der Waals surface area contributed by atoms with E-state index in [9.17, 15) is 4.79 Å². The monoisotopic (exact) mass is 299 g/mol. The standard InChI is InChI=1S/C18H21NO3/c1-3-12-8-15(11-16(9-12)22-2)14-6-4-13(5-7-14)10-17(19)18(20)21/h4-9,11,17H,3,10,19H2,1-2H3,(H,20,21)/t17-/m0/s1. The van der Waals surface area contributed by atoms with Crippen molar-refractivity contribution in [2.24, 2.45) is 5.73 Å². The molecule has 0 heterocycles. The zero-order chi connectivity index (χ0) is 16.1. The van der Waals surface area contributed by atoms with E-state index in [1.807, 2.05) is 36.4 Å². The van der Waals surface area contributed by atoms with E-state index in [2.05, 4.69) is 13.0 Å². The number of ether oxygens (including phenoxy) is 1. The van der Waals surface area contributed by atoms with Crippen molar-refractivity contribution in [2.45, 2.75) is 25.8 Å². The predicted octanol–water partition coefficient (Wildman–Crippen LogP) is 2.88. The van der Waals surface area contributed by atoms with Crippen LogP contribution in [0.15, 0.2) is 42.5 Å². The number of hydrogen-bond acceptors (Lipinski definition) is 3. The molecule has 0 unspecified atom stereocenters. The highest BCUT2D eigenvalue weighted by Crippen LogP contribution is 2.26. The number of carboxylic acids is 1. The smallest absolute Gasteiger partial charge is 0.320 e. The van der Waals surface area contributed by atoms with Crippen molar-refractivity contribution >= 4 is 5.97 Å². The average Bonchev–Trinajstić information content (AvgIpc) is 2.54. The van der Waals surface area contributed by atoms with Crippen LogP contribution in [0, 0.1) is 0 Å². The van der Waals surface area contributed by atoms with Crippen molar-refractivity contribution in [1.29, 1.82) is 0 Å². The molecule has 22 heavy (non-hydrogen) atoms. The molecule has 0 aliphatic carbocycles. The van der Waals surface area contributed by atoms with Crippen LogP contribution in [0.2, 0.25) is 0 Å². The van der Waals surface area contributed by atoms with Gasteiger partial charge in [0, 0.05) is 0 Å². The van der Waals surface area contributed by atoms with Crippen molar-refractivity contribution in [2.75, 3.05) is 7.11 Å². The van der Waals surface area contributed by atoms with E-state index in [0.29, 0.717) is 6.42 Å². The molecular formula is C18H21NO3. The van der Waals surface area contributed by atoms with Gasteiger partial charge in [-0.15, -0.1) is 0 Å². The summed E-state index contributed by atoms with van der Waals surface area (Å²) in [7, 11) is 1.66. The van der Waals surface area contributed by atoms with Crippen LogP contribution >= 0.6 is 0 Å². The maximum absolute atomic E-state index is 10.8. The first kappa shape index (κ1) is 16.0. The Morgan fingerprint density at radius 1 is 1.14 bits per heavy atom. The third-order valence-electron chi connectivity index (χ3n) is 3.67. The number of carboxylic acid groups (broad SMARTS) is 1. The van der Waals surface area contributed by atoms with Crippen LogP contribution in [-0.2, 0) is 17.6 Å². The number of methoxy groups -OCH3 is 1. The van der Waals surface area contributed by atoms with Gasteiger partial charge in [0.25, 0.3) is 0 Å². The summed E-state index contributed by atoms with van der Waals surface area (Å²) in [5, 5.41) is 8.85. The lowest BCUT2D eigenvalue weighted by atomic mass is 9.98. The molecule has 1 atom stereocenters. The first-order valence-corrected chi connectivity index (χ1v) is 7.29. The fourth-order valence-corrected chi connectivity index (χ4v) is 2.32. The quantitative estimate of drug-likeness (QED) is 0.860. The SMILES string of the molecule is CCc1cc(OC)cc(-c2ccc(C[C@H](N)C(=O)O)cc2)c1. The van der Waals surface area contributed by atoms with Gasteiger partial charge >= 0.3 is 5.97 Å². The minimum absolute atomic E-state index is 0.327. The predicted molar refractivity (Wildman–Crippen MR) is 87.1 cm³/mol. The van der Waals surface area contributed by atoms with Crippen molar-refractivity contribution in [3.05, 3.63) is 53.6 Å². The van der Waals surface area contributed by atoms with E-state index in [4.69, 9.17) is 15.6 Å². The molecule has 0 aliphatic rings. The Hall–Kier alpha value is -2.33. The first-order valence-electron chi connectivity index (χ1n) is 7.29. The number of carbonyl (C=O) groups is 1. The Balaban J connectivity index is 2.25. The van der Waals surface area contributed by atoms with E-state index in [1.165, 1.54) is 5.56 Å². The second-order valence-electron chi connectivity index (χ2n) is 5.27. The summed E-state index contributed by atoms with van der Waals surface area (Å²) in [4.78, 5) is 10.8. The third-order valence-corrected chi connectivity index (χ3v) is 3.67. The molecule has 0 saturated carbocycles. The van der Waals surface area contributed by atoms with Crippen LogP contribution in [0.25, 0.3) is 11.1 Å². The van der Waals surface area contributed by atoms with E-state index < -0.39 is 12.0 Å². The van der Waals surface area contributed by atoms with E-state index in [0.717, 1.165) is 28.9 Å². The normalized spacial score (nSPS) is 12.0. The summed E-state index contributed by atoms with van der Waals surface area (Å²) >= 11 is 0. The number of benzene rings is 2. The van der Waals surface area contributed by atoms with Crippen molar-refractivity contribution in [1.82, 2.24) is 0 Å². The zero-order valence-electron chi connectivity index (χ0n) is 12.9. The van der Waals surface area contributed by atoms with E-state index in [1.54, 1.807) is 7.11 Å². The molecule has 2 rings (SSSR count). The van der Waals surface area contributed by atoms with Crippen LogP contribution in [0.5, 0.6) is 5.75 Å². The van der Waals surface area contributed by atoms with Crippen molar-refractivity contribution < 1.29 is 14.6 Å². The molecule has 0 radical (unpaired) electrons. The molecule has 0 spiro atoms. The average molecular weight is 299 g/mol. The number of aryl methyl sites for hydroxylation is 1.